The van der Waals surface area contributed by atoms with Crippen LogP contribution < -0.4 is 5.32 Å². The number of carbonyl (C=O) groups excluding carboxylic acids is 2. The molecule has 8 heteroatoms. The zero-order chi connectivity index (χ0) is 24.1. The molecular weight excluding hydrogens is 428 g/mol. The maximum atomic E-state index is 13.0. The highest BCUT2D eigenvalue weighted by Gasteiger charge is 2.27. The number of hydrogen-bond acceptors (Lipinski definition) is 5. The molecule has 1 fully saturated rings. The summed E-state index contributed by atoms with van der Waals surface area (Å²) in [6.07, 6.45) is 9.63. The third kappa shape index (κ3) is 5.34. The van der Waals surface area contributed by atoms with Gasteiger partial charge in [0, 0.05) is 43.7 Å². The fraction of sp³-hybridized carbons (Fsp3) is 0.385. The summed E-state index contributed by atoms with van der Waals surface area (Å²) in [7, 11) is 3.95. The van der Waals surface area contributed by atoms with Crippen LogP contribution in [-0.2, 0) is 4.79 Å². The van der Waals surface area contributed by atoms with Gasteiger partial charge < -0.3 is 14.4 Å². The van der Waals surface area contributed by atoms with Crippen molar-refractivity contribution < 1.29 is 9.59 Å². The van der Waals surface area contributed by atoms with Crippen molar-refractivity contribution in [1.29, 1.82) is 0 Å². The number of nitrogens with zero attached hydrogens (tertiary/aromatic N) is 5. The molecule has 2 aromatic heterocycles. The van der Waals surface area contributed by atoms with Crippen LogP contribution in [0.15, 0.2) is 54.9 Å². The zero-order valence-electron chi connectivity index (χ0n) is 20.1. The maximum Gasteiger partial charge on any atom is 0.258 e. The molecule has 1 aromatic carbocycles. The van der Waals surface area contributed by atoms with Gasteiger partial charge in [-0.05, 0) is 64.0 Å². The summed E-state index contributed by atoms with van der Waals surface area (Å²) in [4.78, 5) is 38.6. The largest absolute Gasteiger partial charge is 0.337 e. The first kappa shape index (κ1) is 23.6. The van der Waals surface area contributed by atoms with Gasteiger partial charge in [-0.25, -0.2) is 4.98 Å². The highest BCUT2D eigenvalue weighted by Crippen LogP contribution is 2.32. The number of likely N-dealkylation sites (N-methyl/N-ethyl adjacent to an activating group) is 1. The van der Waals surface area contributed by atoms with Gasteiger partial charge in [0.05, 0.1) is 17.1 Å². The van der Waals surface area contributed by atoms with Crippen LogP contribution in [0.2, 0.25) is 0 Å². The molecule has 1 N–H and O–H groups in total. The molecule has 0 spiro atoms. The molecule has 0 saturated carbocycles. The van der Waals surface area contributed by atoms with Crippen molar-refractivity contribution in [3.8, 4) is 0 Å². The molecule has 1 aliphatic rings. The fourth-order valence-corrected chi connectivity index (χ4v) is 4.44. The van der Waals surface area contributed by atoms with E-state index in [9.17, 15) is 9.59 Å². The molecule has 1 saturated heterocycles. The minimum Gasteiger partial charge on any atom is -0.337 e. The van der Waals surface area contributed by atoms with Gasteiger partial charge in [0.25, 0.3) is 5.91 Å². The van der Waals surface area contributed by atoms with Crippen LogP contribution in [0.5, 0.6) is 0 Å². The predicted octanol–water partition coefficient (Wildman–Crippen LogP) is 3.66. The van der Waals surface area contributed by atoms with Gasteiger partial charge in [-0.1, -0.05) is 18.2 Å². The molecule has 1 aliphatic heterocycles. The normalized spacial score (nSPS) is 16.8. The number of aromatic nitrogens is 3. The van der Waals surface area contributed by atoms with Gasteiger partial charge in [-0.15, -0.1) is 0 Å². The molecule has 1 atom stereocenters. The van der Waals surface area contributed by atoms with Gasteiger partial charge in [0.1, 0.15) is 0 Å². The van der Waals surface area contributed by atoms with E-state index >= 15 is 0 Å². The van der Waals surface area contributed by atoms with E-state index in [1.165, 1.54) is 0 Å². The lowest BCUT2D eigenvalue weighted by atomic mass is 10.1. The number of benzene rings is 1. The van der Waals surface area contributed by atoms with Gasteiger partial charge >= 0.3 is 0 Å². The highest BCUT2D eigenvalue weighted by atomic mass is 16.2. The number of fused-ring (bicyclic) bond motifs is 1. The van der Waals surface area contributed by atoms with Crippen LogP contribution in [0.25, 0.3) is 11.0 Å². The van der Waals surface area contributed by atoms with Crippen molar-refractivity contribution in [2.45, 2.75) is 32.2 Å². The van der Waals surface area contributed by atoms with E-state index in [0.717, 1.165) is 48.9 Å². The molecule has 3 heterocycles. The summed E-state index contributed by atoms with van der Waals surface area (Å²) in [5.41, 5.74) is 3.43. The van der Waals surface area contributed by atoms with E-state index in [0.29, 0.717) is 18.1 Å². The zero-order valence-corrected chi connectivity index (χ0v) is 20.1. The first-order valence-electron chi connectivity index (χ1n) is 11.7. The van der Waals surface area contributed by atoms with E-state index in [-0.39, 0.29) is 17.9 Å². The number of aryl methyl sites for hydroxylation is 1. The van der Waals surface area contributed by atoms with Crippen LogP contribution in [0.4, 0.5) is 5.95 Å². The fourth-order valence-electron chi connectivity index (χ4n) is 4.44. The second kappa shape index (κ2) is 10.6. The van der Waals surface area contributed by atoms with Crippen LogP contribution >= 0.6 is 0 Å². The monoisotopic (exact) mass is 460 g/mol. The summed E-state index contributed by atoms with van der Waals surface area (Å²) in [5, 5.41) is 3.01. The molecule has 0 bridgehead atoms. The first-order valence-corrected chi connectivity index (χ1v) is 11.7. The number of nitrogens with one attached hydrogen (secondary N) is 1. The Bertz CT molecular complexity index is 1180. The average Bonchev–Trinajstić information content (AvgIpc) is 3.01. The lowest BCUT2D eigenvalue weighted by molar-refractivity contribution is -0.126. The Morgan fingerprint density at radius 1 is 1.18 bits per heavy atom. The van der Waals surface area contributed by atoms with Gasteiger partial charge in [0.2, 0.25) is 11.9 Å². The van der Waals surface area contributed by atoms with E-state index in [4.69, 9.17) is 4.98 Å². The van der Waals surface area contributed by atoms with Crippen molar-refractivity contribution >= 4 is 28.8 Å². The molecule has 0 aliphatic carbocycles. The van der Waals surface area contributed by atoms with Crippen molar-refractivity contribution in [2.24, 2.45) is 0 Å². The molecule has 1 unspecified atom stereocenters. The van der Waals surface area contributed by atoms with Crippen molar-refractivity contribution in [3.05, 3.63) is 66.0 Å². The first-order chi connectivity index (χ1) is 16.4. The Morgan fingerprint density at radius 2 is 1.97 bits per heavy atom. The number of likely N-dealkylation sites (tertiary alicyclic amines) is 1. The third-order valence-electron chi connectivity index (χ3n) is 6.13. The Hall–Kier alpha value is -3.52. The van der Waals surface area contributed by atoms with Gasteiger partial charge in [-0.2, -0.15) is 0 Å². The number of para-hydroxylation sites is 1. The van der Waals surface area contributed by atoms with E-state index < -0.39 is 0 Å². The molecular formula is C26H32N6O2. The Labute approximate surface area is 200 Å². The molecule has 34 heavy (non-hydrogen) atoms. The Kier molecular flexibility index (Phi) is 7.37. The number of hydrogen-bond donors (Lipinski definition) is 1. The smallest absolute Gasteiger partial charge is 0.258 e. The topological polar surface area (TPSA) is 83.4 Å². The SMILES string of the molecule is Cc1cccc2nc(NC(=O)c3ccncc3)n(C3CCCCN(C(=O)/C=C/CN(C)C)C3)c12. The van der Waals surface area contributed by atoms with Gasteiger partial charge in [-0.3, -0.25) is 19.9 Å². The lowest BCUT2D eigenvalue weighted by Crippen LogP contribution is -2.35. The standard InChI is InChI=1S/C26H32N6O2/c1-19-8-6-10-22-24(19)32(26(28-22)29-25(34)20-12-14-27-15-13-20)21-9-4-5-17-31(18-21)23(33)11-7-16-30(2)3/h6-8,10-15,21H,4-5,9,16-18H2,1-3H3,(H,28,29,34)/b11-7+. The summed E-state index contributed by atoms with van der Waals surface area (Å²) in [6, 6.07) is 9.36. The number of anilines is 1. The average molecular weight is 461 g/mol. The summed E-state index contributed by atoms with van der Waals surface area (Å²) in [6.45, 7) is 4.08. The summed E-state index contributed by atoms with van der Waals surface area (Å²) in [5.74, 6) is 0.301. The van der Waals surface area contributed by atoms with Gasteiger partial charge in [0.15, 0.2) is 0 Å². The second-order valence-corrected chi connectivity index (χ2v) is 9.04. The van der Waals surface area contributed by atoms with E-state index in [2.05, 4.69) is 27.9 Å². The Morgan fingerprint density at radius 3 is 2.74 bits per heavy atom. The maximum absolute atomic E-state index is 13.0. The highest BCUT2D eigenvalue weighted by molar-refractivity contribution is 6.04. The van der Waals surface area contributed by atoms with Crippen molar-refractivity contribution in [3.63, 3.8) is 0 Å². The number of imidazole rings is 1. The van der Waals surface area contributed by atoms with E-state index in [1.54, 1.807) is 30.6 Å². The number of carbonyl (C=O) groups is 2. The molecule has 2 amide bonds. The predicted molar refractivity (Wildman–Crippen MR) is 134 cm³/mol. The summed E-state index contributed by atoms with van der Waals surface area (Å²) >= 11 is 0. The van der Waals surface area contributed by atoms with Crippen molar-refractivity contribution in [2.75, 3.05) is 39.0 Å². The number of amides is 2. The third-order valence-corrected chi connectivity index (χ3v) is 6.13. The number of rotatable bonds is 6. The van der Waals surface area contributed by atoms with Crippen LogP contribution in [0.3, 0.4) is 0 Å². The van der Waals surface area contributed by atoms with E-state index in [1.807, 2.05) is 42.1 Å². The number of pyridine rings is 1. The molecule has 3 aromatic rings. The molecule has 4 rings (SSSR count). The minimum atomic E-state index is -0.232. The minimum absolute atomic E-state index is 0.00698. The Balaban J connectivity index is 1.67. The van der Waals surface area contributed by atoms with Crippen LogP contribution in [-0.4, -0.2) is 69.9 Å². The van der Waals surface area contributed by atoms with Crippen LogP contribution in [0, 0.1) is 6.92 Å². The lowest BCUT2D eigenvalue weighted by Gasteiger charge is -2.26. The second-order valence-electron chi connectivity index (χ2n) is 9.04. The van der Waals surface area contributed by atoms with Crippen LogP contribution in [0.1, 0.15) is 41.2 Å². The summed E-state index contributed by atoms with van der Waals surface area (Å²) < 4.78 is 2.12. The molecule has 0 radical (unpaired) electrons. The molecule has 178 valence electrons. The molecule has 8 nitrogen and oxygen atoms in total. The quantitative estimate of drug-likeness (QED) is 0.568. The van der Waals surface area contributed by atoms with Crippen molar-refractivity contribution in [1.82, 2.24) is 24.3 Å².